The third-order valence-corrected chi connectivity index (χ3v) is 6.42. The van der Waals surface area contributed by atoms with Crippen molar-refractivity contribution in [2.75, 3.05) is 46.0 Å². The molecule has 1 atom stereocenters. The Kier molecular flexibility index (Phi) is 8.02. The predicted octanol–water partition coefficient (Wildman–Crippen LogP) is 2.00. The first-order valence-corrected chi connectivity index (χ1v) is 12.0. The lowest BCUT2D eigenvalue weighted by molar-refractivity contribution is -0.140. The van der Waals surface area contributed by atoms with Gasteiger partial charge in [0.2, 0.25) is 0 Å². The lowest BCUT2D eigenvalue weighted by atomic mass is 9.95. The molecule has 2 aliphatic heterocycles. The summed E-state index contributed by atoms with van der Waals surface area (Å²) in [5.41, 5.74) is 7.34. The van der Waals surface area contributed by atoms with Crippen LogP contribution in [0.3, 0.4) is 0 Å². The first-order valence-electron chi connectivity index (χ1n) is 12.0. The van der Waals surface area contributed by atoms with E-state index in [0.717, 1.165) is 25.2 Å². The molecule has 3 N–H and O–H groups in total. The number of aliphatic hydroxyl groups is 1. The Labute approximate surface area is 210 Å². The van der Waals surface area contributed by atoms with Gasteiger partial charge < -0.3 is 25.2 Å². The van der Waals surface area contributed by atoms with E-state index >= 15 is 0 Å². The molecule has 190 valence electrons. The van der Waals surface area contributed by atoms with Gasteiger partial charge in [0, 0.05) is 31.7 Å². The van der Waals surface area contributed by atoms with Crippen molar-refractivity contribution < 1.29 is 29.0 Å². The molecule has 2 saturated heterocycles. The average molecular weight is 494 g/mol. The number of rotatable bonds is 9. The highest BCUT2D eigenvalue weighted by atomic mass is 16.5. The Balaban J connectivity index is 1.64. The van der Waals surface area contributed by atoms with Crippen LogP contribution < -0.4 is 10.5 Å². The number of aliphatic hydroxyl groups excluding tert-OH is 1. The van der Waals surface area contributed by atoms with Gasteiger partial charge in [-0.3, -0.25) is 19.3 Å². The van der Waals surface area contributed by atoms with Crippen LogP contribution in [-0.4, -0.2) is 78.5 Å². The van der Waals surface area contributed by atoms with Crippen molar-refractivity contribution >= 4 is 23.4 Å². The molecule has 9 heteroatoms. The third-order valence-electron chi connectivity index (χ3n) is 6.42. The van der Waals surface area contributed by atoms with Crippen molar-refractivity contribution in [3.05, 3.63) is 70.8 Å². The second kappa shape index (κ2) is 11.4. The normalized spacial score (nSPS) is 20.0. The van der Waals surface area contributed by atoms with Crippen LogP contribution in [-0.2, 0) is 19.1 Å². The monoisotopic (exact) mass is 493 g/mol. The number of nitrogens with two attached hydrogens (primary N) is 1. The number of ether oxygens (including phenoxy) is 2. The molecule has 2 amide bonds. The minimum Gasteiger partial charge on any atom is -0.507 e. The molecule has 36 heavy (non-hydrogen) atoms. The molecule has 2 fully saturated rings. The number of benzene rings is 2. The molecule has 2 aliphatic rings. The zero-order valence-electron chi connectivity index (χ0n) is 20.3. The fraction of sp³-hybridized carbons (Fsp3) is 0.370. The molecule has 0 saturated carbocycles. The van der Waals surface area contributed by atoms with E-state index in [1.54, 1.807) is 36.4 Å². The Hall–Kier alpha value is -3.69. The fourth-order valence-corrected chi connectivity index (χ4v) is 4.51. The molecule has 2 aromatic carbocycles. The molecule has 2 heterocycles. The van der Waals surface area contributed by atoms with Gasteiger partial charge in [0.05, 0.1) is 24.8 Å². The molecule has 0 aromatic heterocycles. The molecule has 0 spiro atoms. The molecule has 0 aliphatic carbocycles. The van der Waals surface area contributed by atoms with Gasteiger partial charge in [-0.15, -0.1) is 0 Å². The van der Waals surface area contributed by atoms with Gasteiger partial charge in [-0.1, -0.05) is 42.0 Å². The summed E-state index contributed by atoms with van der Waals surface area (Å²) < 4.78 is 10.7. The summed E-state index contributed by atoms with van der Waals surface area (Å²) >= 11 is 0. The highest BCUT2D eigenvalue weighted by Gasteiger charge is 2.45. The van der Waals surface area contributed by atoms with E-state index < -0.39 is 23.6 Å². The van der Waals surface area contributed by atoms with Gasteiger partial charge >= 0.3 is 0 Å². The number of Topliss-reactive ketones (excluding diaryl/α,β-unsaturated/α-hetero) is 1. The summed E-state index contributed by atoms with van der Waals surface area (Å²) in [5, 5.41) is 11.2. The van der Waals surface area contributed by atoms with Crippen LogP contribution in [0.5, 0.6) is 5.75 Å². The number of likely N-dealkylation sites (tertiary alicyclic amines) is 1. The van der Waals surface area contributed by atoms with Crippen LogP contribution in [0.25, 0.3) is 5.76 Å². The Bertz CT molecular complexity index is 1140. The lowest BCUT2D eigenvalue weighted by Crippen LogP contribution is -2.38. The van der Waals surface area contributed by atoms with E-state index in [1.165, 1.54) is 4.90 Å². The minimum atomic E-state index is -0.749. The number of amides is 2. The second-order valence-corrected chi connectivity index (χ2v) is 8.99. The fourth-order valence-electron chi connectivity index (χ4n) is 4.51. The van der Waals surface area contributed by atoms with Gasteiger partial charge in [-0.25, -0.2) is 0 Å². The first-order chi connectivity index (χ1) is 17.3. The molecule has 4 rings (SSSR count). The number of carbonyl (C=O) groups is 3. The van der Waals surface area contributed by atoms with Crippen molar-refractivity contribution in [1.82, 2.24) is 9.80 Å². The smallest absolute Gasteiger partial charge is 0.295 e. The van der Waals surface area contributed by atoms with Crippen LogP contribution in [0.15, 0.2) is 54.1 Å². The molecule has 1 unspecified atom stereocenters. The van der Waals surface area contributed by atoms with Crippen LogP contribution in [0.1, 0.15) is 29.2 Å². The summed E-state index contributed by atoms with van der Waals surface area (Å²) in [5.74, 6) is -1.71. The van der Waals surface area contributed by atoms with Crippen LogP contribution >= 0.6 is 0 Å². The summed E-state index contributed by atoms with van der Waals surface area (Å²) in [6.45, 7) is 5.85. The molecule has 2 aromatic rings. The predicted molar refractivity (Wildman–Crippen MR) is 133 cm³/mol. The van der Waals surface area contributed by atoms with Gasteiger partial charge in [0.25, 0.3) is 17.6 Å². The van der Waals surface area contributed by atoms with Crippen molar-refractivity contribution in [3.8, 4) is 5.75 Å². The second-order valence-electron chi connectivity index (χ2n) is 8.99. The number of hydrogen-bond donors (Lipinski definition) is 2. The minimum absolute atomic E-state index is 0.0565. The number of hydrogen-bond acceptors (Lipinski definition) is 7. The van der Waals surface area contributed by atoms with E-state index in [-0.39, 0.29) is 17.9 Å². The van der Waals surface area contributed by atoms with Crippen molar-refractivity contribution in [2.45, 2.75) is 19.4 Å². The largest absolute Gasteiger partial charge is 0.507 e. The van der Waals surface area contributed by atoms with Crippen LogP contribution in [0, 0.1) is 6.92 Å². The maximum absolute atomic E-state index is 13.2. The Morgan fingerprint density at radius 2 is 1.72 bits per heavy atom. The lowest BCUT2D eigenvalue weighted by Gasteiger charge is -2.29. The summed E-state index contributed by atoms with van der Waals surface area (Å²) in [7, 11) is 0. The van der Waals surface area contributed by atoms with Gasteiger partial charge in [-0.2, -0.15) is 0 Å². The SMILES string of the molecule is Cc1ccc(C(O)=C2C(=O)C(=O)N(CCCN3CCOCC3)C2c2ccc(OCC(N)=O)cc2)cc1. The van der Waals surface area contributed by atoms with Crippen molar-refractivity contribution in [2.24, 2.45) is 5.73 Å². The maximum atomic E-state index is 13.2. The van der Waals surface area contributed by atoms with Crippen LogP contribution in [0.4, 0.5) is 0 Å². The average Bonchev–Trinajstić information content (AvgIpc) is 3.13. The molecule has 0 bridgehead atoms. The number of carbonyl (C=O) groups excluding carboxylic acids is 3. The number of nitrogens with zero attached hydrogens (tertiary/aromatic N) is 2. The first kappa shape index (κ1) is 25.4. The topological polar surface area (TPSA) is 122 Å². The van der Waals surface area contributed by atoms with E-state index in [0.29, 0.717) is 43.1 Å². The highest BCUT2D eigenvalue weighted by molar-refractivity contribution is 6.46. The van der Waals surface area contributed by atoms with E-state index in [2.05, 4.69) is 4.90 Å². The number of primary amides is 1. The van der Waals surface area contributed by atoms with E-state index in [4.69, 9.17) is 15.2 Å². The summed E-state index contributed by atoms with van der Waals surface area (Å²) in [6, 6.07) is 13.1. The standard InChI is InChI=1S/C27H31N3O6/c1-18-3-5-20(6-4-18)25(32)23-24(19-7-9-21(10-8-19)36-17-22(28)31)30(27(34)26(23)33)12-2-11-29-13-15-35-16-14-29/h3-10,24,32H,2,11-17H2,1H3,(H2,28,31). The number of ketones is 1. The zero-order chi connectivity index (χ0) is 25.7. The molecule has 9 nitrogen and oxygen atoms in total. The molecular formula is C27H31N3O6. The number of aryl methyl sites for hydroxylation is 1. The Morgan fingerprint density at radius 1 is 1.06 bits per heavy atom. The summed E-state index contributed by atoms with van der Waals surface area (Å²) in [6.07, 6.45) is 0.675. The zero-order valence-corrected chi connectivity index (χ0v) is 20.3. The van der Waals surface area contributed by atoms with Crippen molar-refractivity contribution in [3.63, 3.8) is 0 Å². The van der Waals surface area contributed by atoms with Gasteiger partial charge in [-0.05, 0) is 31.0 Å². The third kappa shape index (κ3) is 5.75. The maximum Gasteiger partial charge on any atom is 0.295 e. The van der Waals surface area contributed by atoms with E-state index in [1.807, 2.05) is 19.1 Å². The van der Waals surface area contributed by atoms with Crippen molar-refractivity contribution in [1.29, 1.82) is 0 Å². The van der Waals surface area contributed by atoms with Gasteiger partial charge in [0.15, 0.2) is 6.61 Å². The molecule has 0 radical (unpaired) electrons. The van der Waals surface area contributed by atoms with Gasteiger partial charge in [0.1, 0.15) is 11.5 Å². The molecular weight excluding hydrogens is 462 g/mol. The summed E-state index contributed by atoms with van der Waals surface area (Å²) in [4.78, 5) is 41.1. The Morgan fingerprint density at radius 3 is 2.36 bits per heavy atom. The van der Waals surface area contributed by atoms with Crippen LogP contribution in [0.2, 0.25) is 0 Å². The van der Waals surface area contributed by atoms with E-state index in [9.17, 15) is 19.5 Å². The quantitative estimate of drug-likeness (QED) is 0.311. The number of morpholine rings is 1. The highest BCUT2D eigenvalue weighted by Crippen LogP contribution is 2.40.